The average Bonchev–Trinajstić information content (AvgIpc) is 2.32. The number of amides is 1. The van der Waals surface area contributed by atoms with Gasteiger partial charge in [-0.3, -0.25) is 0 Å². The molecule has 1 atom stereocenters. The van der Waals surface area contributed by atoms with Crippen LogP contribution in [0.15, 0.2) is 18.2 Å². The van der Waals surface area contributed by atoms with Crippen molar-refractivity contribution in [2.45, 2.75) is 44.5 Å². The fourth-order valence-electron chi connectivity index (χ4n) is 2.92. The third-order valence-electron chi connectivity index (χ3n) is 3.86. The Balaban J connectivity index is 1.70. The molecule has 6 nitrogen and oxygen atoms in total. The van der Waals surface area contributed by atoms with Crippen LogP contribution in [0.4, 0.5) is 4.79 Å². The summed E-state index contributed by atoms with van der Waals surface area (Å²) in [7, 11) is 0. The molecule has 0 radical (unpaired) electrons. The van der Waals surface area contributed by atoms with Gasteiger partial charge in [0.1, 0.15) is 22.7 Å². The Morgan fingerprint density at radius 3 is 2.73 bits per heavy atom. The third kappa shape index (κ3) is 2.70. The molecule has 2 heterocycles. The normalized spacial score (nSPS) is 22.5. The lowest BCUT2D eigenvalue weighted by Crippen LogP contribution is -2.68. The SMILES string of the molecule is CC(C)(C)OC(=O)N1CC2(C[C@H](O)c3ccc(O)cc3O2)C1. The summed E-state index contributed by atoms with van der Waals surface area (Å²) >= 11 is 0. The van der Waals surface area contributed by atoms with Crippen molar-refractivity contribution >= 4 is 6.09 Å². The number of fused-ring (bicyclic) bond motifs is 1. The summed E-state index contributed by atoms with van der Waals surface area (Å²) in [4.78, 5) is 13.6. The third-order valence-corrected chi connectivity index (χ3v) is 3.86. The van der Waals surface area contributed by atoms with Crippen LogP contribution in [0.1, 0.15) is 38.9 Å². The number of carbonyl (C=O) groups excluding carboxylic acids is 1. The summed E-state index contributed by atoms with van der Waals surface area (Å²) < 4.78 is 11.3. The number of ether oxygens (including phenoxy) is 2. The number of benzene rings is 1. The smallest absolute Gasteiger partial charge is 0.410 e. The molecular formula is C16H21NO5. The lowest BCUT2D eigenvalue weighted by atomic mass is 9.83. The van der Waals surface area contributed by atoms with Gasteiger partial charge in [-0.05, 0) is 32.9 Å². The lowest BCUT2D eigenvalue weighted by molar-refractivity contribution is -0.114. The summed E-state index contributed by atoms with van der Waals surface area (Å²) in [5, 5.41) is 19.8. The average molecular weight is 307 g/mol. The molecule has 0 bridgehead atoms. The molecule has 1 aromatic rings. The second-order valence-corrected chi connectivity index (χ2v) is 7.06. The highest BCUT2D eigenvalue weighted by atomic mass is 16.6. The second kappa shape index (κ2) is 4.78. The van der Waals surface area contributed by atoms with E-state index in [9.17, 15) is 15.0 Å². The molecule has 0 unspecified atom stereocenters. The van der Waals surface area contributed by atoms with Crippen LogP contribution in [0.3, 0.4) is 0 Å². The summed E-state index contributed by atoms with van der Waals surface area (Å²) in [6.07, 6.45) is -0.618. The van der Waals surface area contributed by atoms with E-state index in [1.807, 2.05) is 20.8 Å². The number of carbonyl (C=O) groups is 1. The zero-order valence-corrected chi connectivity index (χ0v) is 13.0. The highest BCUT2D eigenvalue weighted by Gasteiger charge is 2.52. The topological polar surface area (TPSA) is 79.2 Å². The number of rotatable bonds is 0. The van der Waals surface area contributed by atoms with Gasteiger partial charge in [0.25, 0.3) is 0 Å². The number of hydrogen-bond acceptors (Lipinski definition) is 5. The number of hydrogen-bond donors (Lipinski definition) is 2. The summed E-state index contributed by atoms with van der Waals surface area (Å²) in [5.74, 6) is 0.564. The maximum absolute atomic E-state index is 12.0. The number of nitrogens with zero attached hydrogens (tertiary/aromatic N) is 1. The molecule has 22 heavy (non-hydrogen) atoms. The Morgan fingerprint density at radius 2 is 2.09 bits per heavy atom. The van der Waals surface area contributed by atoms with E-state index in [1.165, 1.54) is 12.1 Å². The van der Waals surface area contributed by atoms with E-state index in [0.29, 0.717) is 30.8 Å². The minimum Gasteiger partial charge on any atom is -0.508 e. The van der Waals surface area contributed by atoms with Crippen molar-refractivity contribution in [1.82, 2.24) is 4.90 Å². The van der Waals surface area contributed by atoms with Crippen molar-refractivity contribution in [1.29, 1.82) is 0 Å². The number of aromatic hydroxyl groups is 1. The first-order valence-corrected chi connectivity index (χ1v) is 7.35. The largest absolute Gasteiger partial charge is 0.508 e. The maximum atomic E-state index is 12.0. The van der Waals surface area contributed by atoms with Gasteiger partial charge < -0.3 is 24.6 Å². The van der Waals surface area contributed by atoms with Crippen LogP contribution < -0.4 is 4.74 Å². The molecule has 2 N–H and O–H groups in total. The number of aliphatic hydroxyl groups excluding tert-OH is 1. The van der Waals surface area contributed by atoms with Crippen LogP contribution in [0, 0.1) is 0 Å². The van der Waals surface area contributed by atoms with Crippen LogP contribution in [-0.2, 0) is 4.74 Å². The minimum atomic E-state index is -0.662. The van der Waals surface area contributed by atoms with Gasteiger partial charge in [-0.25, -0.2) is 4.79 Å². The van der Waals surface area contributed by atoms with Gasteiger partial charge in [-0.1, -0.05) is 0 Å². The Hall–Kier alpha value is -1.95. The molecule has 2 aliphatic rings. The van der Waals surface area contributed by atoms with Gasteiger partial charge in [0.15, 0.2) is 0 Å². The van der Waals surface area contributed by atoms with E-state index in [1.54, 1.807) is 11.0 Å². The second-order valence-electron chi connectivity index (χ2n) is 7.06. The van der Waals surface area contributed by atoms with E-state index < -0.39 is 17.3 Å². The summed E-state index contributed by atoms with van der Waals surface area (Å²) in [5.41, 5.74) is -0.471. The maximum Gasteiger partial charge on any atom is 0.410 e. The molecule has 6 heteroatoms. The minimum absolute atomic E-state index is 0.0892. The Kier molecular flexibility index (Phi) is 3.25. The van der Waals surface area contributed by atoms with Gasteiger partial charge in [-0.2, -0.15) is 0 Å². The fraction of sp³-hybridized carbons (Fsp3) is 0.562. The zero-order valence-electron chi connectivity index (χ0n) is 13.0. The first kappa shape index (κ1) is 15.0. The van der Waals surface area contributed by atoms with Gasteiger partial charge in [-0.15, -0.1) is 0 Å². The summed E-state index contributed by atoms with van der Waals surface area (Å²) in [6.45, 7) is 6.20. The molecule has 3 rings (SSSR count). The standard InChI is InChI=1S/C16H21NO5/c1-15(2,3)22-14(20)17-8-16(9-17)7-12(19)11-5-4-10(18)6-13(11)21-16/h4-6,12,18-19H,7-9H2,1-3H3/t12-/m0/s1. The van der Waals surface area contributed by atoms with Crippen molar-refractivity contribution in [2.75, 3.05) is 13.1 Å². The van der Waals surface area contributed by atoms with Gasteiger partial charge >= 0.3 is 6.09 Å². The molecule has 0 saturated carbocycles. The Bertz CT molecular complexity index is 601. The highest BCUT2D eigenvalue weighted by Crippen LogP contribution is 2.45. The van der Waals surface area contributed by atoms with Crippen LogP contribution in [0.25, 0.3) is 0 Å². The molecule has 1 spiro atoms. The van der Waals surface area contributed by atoms with Gasteiger partial charge in [0.05, 0.1) is 19.2 Å². The number of likely N-dealkylation sites (tertiary alicyclic amines) is 1. The number of phenolic OH excluding ortho intramolecular Hbond substituents is 1. The van der Waals surface area contributed by atoms with Crippen LogP contribution in [-0.4, -0.2) is 45.5 Å². The van der Waals surface area contributed by atoms with E-state index in [4.69, 9.17) is 9.47 Å². The fourth-order valence-corrected chi connectivity index (χ4v) is 2.92. The van der Waals surface area contributed by atoms with Crippen LogP contribution >= 0.6 is 0 Å². The highest BCUT2D eigenvalue weighted by molar-refractivity contribution is 5.70. The molecule has 2 aliphatic heterocycles. The van der Waals surface area contributed by atoms with Gasteiger partial charge in [0.2, 0.25) is 0 Å². The van der Waals surface area contributed by atoms with Gasteiger partial charge in [0, 0.05) is 18.1 Å². The monoisotopic (exact) mass is 307 g/mol. The van der Waals surface area contributed by atoms with E-state index in [-0.39, 0.29) is 11.8 Å². The first-order chi connectivity index (χ1) is 10.2. The Morgan fingerprint density at radius 1 is 1.41 bits per heavy atom. The van der Waals surface area contributed by atoms with Crippen molar-refractivity contribution < 1.29 is 24.5 Å². The van der Waals surface area contributed by atoms with Crippen molar-refractivity contribution in [2.24, 2.45) is 0 Å². The number of aliphatic hydroxyl groups is 1. The van der Waals surface area contributed by atoms with Crippen molar-refractivity contribution in [3.8, 4) is 11.5 Å². The molecule has 120 valence electrons. The van der Waals surface area contributed by atoms with Crippen LogP contribution in [0.5, 0.6) is 11.5 Å². The molecule has 1 amide bonds. The first-order valence-electron chi connectivity index (χ1n) is 7.35. The molecule has 0 aromatic heterocycles. The molecule has 1 aromatic carbocycles. The molecular weight excluding hydrogens is 286 g/mol. The van der Waals surface area contributed by atoms with Crippen molar-refractivity contribution in [3.63, 3.8) is 0 Å². The lowest BCUT2D eigenvalue weighted by Gasteiger charge is -2.52. The van der Waals surface area contributed by atoms with E-state index >= 15 is 0 Å². The van der Waals surface area contributed by atoms with E-state index in [2.05, 4.69) is 0 Å². The zero-order chi connectivity index (χ0) is 16.1. The molecule has 1 fully saturated rings. The molecule has 0 aliphatic carbocycles. The molecule has 1 saturated heterocycles. The predicted molar refractivity (Wildman–Crippen MR) is 78.8 cm³/mol. The summed E-state index contributed by atoms with van der Waals surface area (Å²) in [6, 6.07) is 4.68. The number of phenols is 1. The van der Waals surface area contributed by atoms with Crippen molar-refractivity contribution in [3.05, 3.63) is 23.8 Å². The van der Waals surface area contributed by atoms with E-state index in [0.717, 1.165) is 0 Å². The predicted octanol–water partition coefficient (Wildman–Crippen LogP) is 2.20. The Labute approximate surface area is 129 Å². The quantitative estimate of drug-likeness (QED) is 0.768. The van der Waals surface area contributed by atoms with Crippen LogP contribution in [0.2, 0.25) is 0 Å².